The van der Waals surface area contributed by atoms with Crippen molar-refractivity contribution in [2.45, 2.75) is 13.1 Å². The molecule has 110 valence electrons. The number of carbonyl (C=O) groups excluding carboxylic acids is 1. The number of hydrogen-bond donors (Lipinski definition) is 2. The van der Waals surface area contributed by atoms with Crippen LogP contribution in [-0.4, -0.2) is 10.9 Å². The first-order chi connectivity index (χ1) is 9.79. The van der Waals surface area contributed by atoms with Crippen LogP contribution in [0.4, 0.5) is 24.7 Å². The third-order valence-electron chi connectivity index (χ3n) is 2.87. The molecule has 2 aromatic rings. The van der Waals surface area contributed by atoms with Crippen molar-refractivity contribution in [2.24, 2.45) is 0 Å². The lowest BCUT2D eigenvalue weighted by molar-refractivity contribution is -0.137. The van der Waals surface area contributed by atoms with Crippen LogP contribution in [0.25, 0.3) is 0 Å². The average molecular weight is 295 g/mol. The minimum Gasteiger partial charge on any atom is -0.397 e. The van der Waals surface area contributed by atoms with Crippen LogP contribution in [0, 0.1) is 6.92 Å². The predicted molar refractivity (Wildman–Crippen MR) is 72.8 cm³/mol. The van der Waals surface area contributed by atoms with E-state index >= 15 is 0 Å². The number of aromatic nitrogens is 1. The van der Waals surface area contributed by atoms with Gasteiger partial charge in [0.2, 0.25) is 0 Å². The Morgan fingerprint density at radius 1 is 1.29 bits per heavy atom. The summed E-state index contributed by atoms with van der Waals surface area (Å²) in [5.41, 5.74) is 5.24. The number of benzene rings is 1. The molecule has 0 radical (unpaired) electrons. The summed E-state index contributed by atoms with van der Waals surface area (Å²) in [6.07, 6.45) is -3.26. The van der Waals surface area contributed by atoms with Gasteiger partial charge in [0.15, 0.2) is 0 Å². The summed E-state index contributed by atoms with van der Waals surface area (Å²) in [6.45, 7) is 1.70. The number of anilines is 2. The van der Waals surface area contributed by atoms with Crippen molar-refractivity contribution >= 4 is 17.4 Å². The van der Waals surface area contributed by atoms with E-state index in [-0.39, 0.29) is 5.82 Å². The molecule has 4 nitrogen and oxygen atoms in total. The van der Waals surface area contributed by atoms with E-state index in [1.54, 1.807) is 6.92 Å². The number of nitrogens with two attached hydrogens (primary N) is 1. The summed E-state index contributed by atoms with van der Waals surface area (Å²) >= 11 is 0. The van der Waals surface area contributed by atoms with Gasteiger partial charge in [-0.3, -0.25) is 4.79 Å². The fourth-order valence-corrected chi connectivity index (χ4v) is 1.75. The second-order valence-electron chi connectivity index (χ2n) is 4.42. The number of nitrogens with one attached hydrogen (secondary N) is 1. The lowest BCUT2D eigenvalue weighted by Crippen LogP contribution is -2.19. The van der Waals surface area contributed by atoms with Crippen molar-refractivity contribution in [1.29, 1.82) is 0 Å². The second kappa shape index (κ2) is 5.43. The van der Waals surface area contributed by atoms with Gasteiger partial charge in [0.05, 0.1) is 23.0 Å². The maximum absolute atomic E-state index is 12.9. The number of hydrogen-bond acceptors (Lipinski definition) is 3. The van der Waals surface area contributed by atoms with Gasteiger partial charge in [-0.15, -0.1) is 0 Å². The quantitative estimate of drug-likeness (QED) is 0.893. The van der Waals surface area contributed by atoms with Gasteiger partial charge >= 0.3 is 6.18 Å². The molecule has 0 aliphatic heterocycles. The number of aryl methyl sites for hydroxylation is 1. The molecule has 0 unspecified atom stereocenters. The minimum absolute atomic E-state index is 0.142. The molecule has 3 N–H and O–H groups in total. The third kappa shape index (κ3) is 3.31. The Labute approximate surface area is 118 Å². The molecule has 0 atom stereocenters. The van der Waals surface area contributed by atoms with Gasteiger partial charge in [0, 0.05) is 0 Å². The zero-order chi connectivity index (χ0) is 15.6. The van der Waals surface area contributed by atoms with E-state index in [2.05, 4.69) is 10.3 Å². The van der Waals surface area contributed by atoms with Crippen LogP contribution in [0.1, 0.15) is 21.5 Å². The first-order valence-corrected chi connectivity index (χ1v) is 5.98. The first kappa shape index (κ1) is 14.8. The van der Waals surface area contributed by atoms with Crippen LogP contribution in [0.3, 0.4) is 0 Å². The number of alkyl halides is 3. The highest BCUT2D eigenvalue weighted by Crippen LogP contribution is 2.32. The molecule has 21 heavy (non-hydrogen) atoms. The smallest absolute Gasteiger partial charge is 0.397 e. The standard InChI is InChI=1S/C14H12F3N3O/c1-8-6-12(19-7-11(8)18)20-13(21)9-4-2-3-5-10(9)14(15,16)17/h2-7H,18H2,1H3,(H,19,20,21). The van der Waals surface area contributed by atoms with E-state index in [9.17, 15) is 18.0 Å². The fourth-order valence-electron chi connectivity index (χ4n) is 1.75. The topological polar surface area (TPSA) is 68.0 Å². The zero-order valence-corrected chi connectivity index (χ0v) is 11.0. The summed E-state index contributed by atoms with van der Waals surface area (Å²) in [5, 5.41) is 2.33. The molecular formula is C14H12F3N3O. The van der Waals surface area contributed by atoms with E-state index in [0.29, 0.717) is 11.3 Å². The molecule has 0 saturated carbocycles. The first-order valence-electron chi connectivity index (χ1n) is 5.98. The Kier molecular flexibility index (Phi) is 3.84. The fraction of sp³-hybridized carbons (Fsp3) is 0.143. The number of carbonyl (C=O) groups is 1. The van der Waals surface area contributed by atoms with E-state index in [0.717, 1.165) is 12.1 Å². The van der Waals surface area contributed by atoms with Crippen LogP contribution < -0.4 is 11.1 Å². The summed E-state index contributed by atoms with van der Waals surface area (Å²) in [4.78, 5) is 15.9. The molecule has 1 aromatic heterocycles. The highest BCUT2D eigenvalue weighted by Gasteiger charge is 2.34. The van der Waals surface area contributed by atoms with Crippen LogP contribution in [-0.2, 0) is 6.18 Å². The van der Waals surface area contributed by atoms with Crippen molar-refractivity contribution in [3.63, 3.8) is 0 Å². The molecule has 0 spiro atoms. The van der Waals surface area contributed by atoms with Crippen molar-refractivity contribution < 1.29 is 18.0 Å². The molecule has 0 bridgehead atoms. The van der Waals surface area contributed by atoms with Gasteiger partial charge in [0.1, 0.15) is 5.82 Å². The number of rotatable bonds is 2. The van der Waals surface area contributed by atoms with Crippen molar-refractivity contribution in [3.8, 4) is 0 Å². The van der Waals surface area contributed by atoms with Crippen LogP contribution in [0.15, 0.2) is 36.5 Å². The van der Waals surface area contributed by atoms with Crippen LogP contribution >= 0.6 is 0 Å². The number of nitrogen functional groups attached to an aromatic ring is 1. The van der Waals surface area contributed by atoms with Crippen LogP contribution in [0.5, 0.6) is 0 Å². The highest BCUT2D eigenvalue weighted by atomic mass is 19.4. The number of amides is 1. The molecule has 0 saturated heterocycles. The van der Waals surface area contributed by atoms with Gasteiger partial charge in [0.25, 0.3) is 5.91 Å². The zero-order valence-electron chi connectivity index (χ0n) is 11.0. The summed E-state index contributed by atoms with van der Waals surface area (Å²) < 4.78 is 38.6. The Morgan fingerprint density at radius 3 is 2.57 bits per heavy atom. The largest absolute Gasteiger partial charge is 0.417 e. The Balaban J connectivity index is 2.31. The maximum atomic E-state index is 12.9. The SMILES string of the molecule is Cc1cc(NC(=O)c2ccccc2C(F)(F)F)ncc1N. The minimum atomic E-state index is -4.60. The Morgan fingerprint density at radius 2 is 1.95 bits per heavy atom. The van der Waals surface area contributed by atoms with E-state index in [1.807, 2.05) is 0 Å². The third-order valence-corrected chi connectivity index (χ3v) is 2.87. The highest BCUT2D eigenvalue weighted by molar-refractivity contribution is 6.05. The van der Waals surface area contributed by atoms with Gasteiger partial charge in [-0.2, -0.15) is 13.2 Å². The maximum Gasteiger partial charge on any atom is 0.417 e. The molecule has 2 rings (SSSR count). The Bertz CT molecular complexity index is 683. The Hall–Kier alpha value is -2.57. The van der Waals surface area contributed by atoms with E-state index in [4.69, 9.17) is 5.73 Å². The molecule has 7 heteroatoms. The molecule has 0 aliphatic rings. The number of halogens is 3. The van der Waals surface area contributed by atoms with Gasteiger partial charge in [-0.05, 0) is 30.7 Å². The lowest BCUT2D eigenvalue weighted by Gasteiger charge is -2.12. The van der Waals surface area contributed by atoms with E-state index in [1.165, 1.54) is 24.4 Å². The predicted octanol–water partition coefficient (Wildman–Crippen LogP) is 3.24. The van der Waals surface area contributed by atoms with Gasteiger partial charge in [-0.25, -0.2) is 4.98 Å². The lowest BCUT2D eigenvalue weighted by atomic mass is 10.1. The molecule has 1 heterocycles. The normalized spacial score (nSPS) is 11.2. The molecule has 1 amide bonds. The average Bonchev–Trinajstić information content (AvgIpc) is 2.42. The van der Waals surface area contributed by atoms with Crippen molar-refractivity contribution in [3.05, 3.63) is 53.2 Å². The van der Waals surface area contributed by atoms with E-state index < -0.39 is 23.2 Å². The van der Waals surface area contributed by atoms with Crippen LogP contribution in [0.2, 0.25) is 0 Å². The molecular weight excluding hydrogens is 283 g/mol. The van der Waals surface area contributed by atoms with Crippen molar-refractivity contribution in [1.82, 2.24) is 4.98 Å². The summed E-state index contributed by atoms with van der Waals surface area (Å²) in [6, 6.07) is 6.05. The molecule has 1 aromatic carbocycles. The van der Waals surface area contributed by atoms with Gasteiger partial charge < -0.3 is 11.1 Å². The second-order valence-corrected chi connectivity index (χ2v) is 4.42. The monoisotopic (exact) mass is 295 g/mol. The van der Waals surface area contributed by atoms with Gasteiger partial charge in [-0.1, -0.05) is 12.1 Å². The number of pyridine rings is 1. The van der Waals surface area contributed by atoms with Crippen molar-refractivity contribution in [2.75, 3.05) is 11.1 Å². The summed E-state index contributed by atoms with van der Waals surface area (Å²) in [5.74, 6) is -0.733. The molecule has 0 fully saturated rings. The number of nitrogens with zero attached hydrogens (tertiary/aromatic N) is 1. The molecule has 0 aliphatic carbocycles. The summed E-state index contributed by atoms with van der Waals surface area (Å²) in [7, 11) is 0.